The lowest BCUT2D eigenvalue weighted by Crippen LogP contribution is -2.17. The highest BCUT2D eigenvalue weighted by molar-refractivity contribution is 5.65. The Bertz CT molecular complexity index is 614. The molecular weight excluding hydrogens is 278 g/mol. The van der Waals surface area contributed by atoms with Crippen LogP contribution in [0.4, 0.5) is 17.6 Å². The van der Waals surface area contributed by atoms with Crippen molar-refractivity contribution in [3.8, 4) is 22.8 Å². The molecule has 0 unspecified atom stereocenters. The second-order valence-corrected chi connectivity index (χ2v) is 3.77. The first-order valence-electron chi connectivity index (χ1n) is 5.46. The number of ether oxygens (including phenoxy) is 2. The van der Waals surface area contributed by atoms with Crippen molar-refractivity contribution in [3.05, 3.63) is 42.3 Å². The summed E-state index contributed by atoms with van der Waals surface area (Å²) in [5, 5.41) is 0. The quantitative estimate of drug-likeness (QED) is 0.635. The number of halogens is 4. The zero-order valence-corrected chi connectivity index (χ0v) is 10.2. The molecule has 0 N–H and O–H groups in total. The minimum Gasteiger partial charge on any atom is -0.481 e. The average molecular weight is 287 g/mol. The van der Waals surface area contributed by atoms with Gasteiger partial charge in [-0.1, -0.05) is 12.1 Å². The normalized spacial score (nSPS) is 11.2. The maximum atomic E-state index is 13.7. The summed E-state index contributed by atoms with van der Waals surface area (Å²) < 4.78 is 58.7. The molecule has 0 aliphatic heterocycles. The molecule has 1 aromatic carbocycles. The molecule has 0 aliphatic carbocycles. The molecule has 3 nitrogen and oxygen atoms in total. The number of benzene rings is 1. The topological polar surface area (TPSA) is 31.4 Å². The van der Waals surface area contributed by atoms with Crippen LogP contribution in [0, 0.1) is 5.95 Å². The number of aromatic nitrogens is 1. The fourth-order valence-corrected chi connectivity index (χ4v) is 1.61. The first-order valence-corrected chi connectivity index (χ1v) is 5.46. The average Bonchev–Trinajstić information content (AvgIpc) is 2.36. The molecule has 20 heavy (non-hydrogen) atoms. The van der Waals surface area contributed by atoms with E-state index in [0.717, 1.165) is 12.1 Å². The fourth-order valence-electron chi connectivity index (χ4n) is 1.61. The van der Waals surface area contributed by atoms with Crippen molar-refractivity contribution in [2.75, 3.05) is 7.11 Å². The van der Waals surface area contributed by atoms with E-state index >= 15 is 0 Å². The largest absolute Gasteiger partial charge is 0.573 e. The van der Waals surface area contributed by atoms with Gasteiger partial charge in [0.2, 0.25) is 11.8 Å². The molecular formula is C13H9F4NO2. The number of rotatable bonds is 3. The molecule has 0 saturated carbocycles. The molecule has 0 aliphatic rings. The summed E-state index contributed by atoms with van der Waals surface area (Å²) in [7, 11) is 1.33. The zero-order valence-electron chi connectivity index (χ0n) is 10.2. The van der Waals surface area contributed by atoms with E-state index < -0.39 is 18.1 Å². The Morgan fingerprint density at radius 2 is 1.85 bits per heavy atom. The van der Waals surface area contributed by atoms with Crippen molar-refractivity contribution < 1.29 is 27.0 Å². The van der Waals surface area contributed by atoms with Crippen LogP contribution >= 0.6 is 0 Å². The van der Waals surface area contributed by atoms with Gasteiger partial charge >= 0.3 is 6.36 Å². The van der Waals surface area contributed by atoms with Crippen LogP contribution in [-0.4, -0.2) is 18.5 Å². The maximum absolute atomic E-state index is 13.7. The Morgan fingerprint density at radius 1 is 1.10 bits per heavy atom. The van der Waals surface area contributed by atoms with Crippen molar-refractivity contribution >= 4 is 0 Å². The van der Waals surface area contributed by atoms with Crippen LogP contribution in [0.3, 0.4) is 0 Å². The van der Waals surface area contributed by atoms with Crippen molar-refractivity contribution in [1.29, 1.82) is 0 Å². The molecule has 1 heterocycles. The molecule has 0 amide bonds. The third-order valence-electron chi connectivity index (χ3n) is 2.41. The molecule has 7 heteroatoms. The van der Waals surface area contributed by atoms with Crippen LogP contribution < -0.4 is 9.47 Å². The smallest absolute Gasteiger partial charge is 0.481 e. The highest BCUT2D eigenvalue weighted by atomic mass is 19.4. The van der Waals surface area contributed by atoms with E-state index in [4.69, 9.17) is 4.74 Å². The maximum Gasteiger partial charge on any atom is 0.573 e. The number of alkyl halides is 3. The van der Waals surface area contributed by atoms with Gasteiger partial charge in [-0.3, -0.25) is 0 Å². The molecule has 0 spiro atoms. The summed E-state index contributed by atoms with van der Waals surface area (Å²) in [5.74, 6) is -1.19. The lowest BCUT2D eigenvalue weighted by molar-refractivity contribution is -0.274. The third-order valence-corrected chi connectivity index (χ3v) is 2.41. The molecule has 2 rings (SSSR count). The van der Waals surface area contributed by atoms with E-state index in [2.05, 4.69) is 9.72 Å². The Balaban J connectivity index is 2.36. The third kappa shape index (κ3) is 3.37. The van der Waals surface area contributed by atoms with Crippen molar-refractivity contribution in [2.24, 2.45) is 0 Å². The van der Waals surface area contributed by atoms with Gasteiger partial charge in [-0.2, -0.15) is 9.37 Å². The second kappa shape index (κ2) is 5.36. The zero-order chi connectivity index (χ0) is 14.8. The lowest BCUT2D eigenvalue weighted by atomic mass is 10.1. The summed E-state index contributed by atoms with van der Waals surface area (Å²) >= 11 is 0. The van der Waals surface area contributed by atoms with Crippen molar-refractivity contribution in [1.82, 2.24) is 4.98 Å². The van der Waals surface area contributed by atoms with Crippen molar-refractivity contribution in [2.45, 2.75) is 6.36 Å². The number of hydrogen-bond donors (Lipinski definition) is 0. The molecule has 0 saturated heterocycles. The Hall–Kier alpha value is -2.31. The predicted molar refractivity (Wildman–Crippen MR) is 62.9 cm³/mol. The summed E-state index contributed by atoms with van der Waals surface area (Å²) in [6, 6.07) is 7.78. The fraction of sp³-hybridized carbons (Fsp3) is 0.154. The number of pyridine rings is 1. The van der Waals surface area contributed by atoms with E-state index in [0.29, 0.717) is 0 Å². The lowest BCUT2D eigenvalue weighted by Gasteiger charge is -2.10. The van der Waals surface area contributed by atoms with E-state index in [1.807, 2.05) is 0 Å². The van der Waals surface area contributed by atoms with Gasteiger partial charge in [0.25, 0.3) is 0 Å². The Kier molecular flexibility index (Phi) is 3.78. The highest BCUT2D eigenvalue weighted by Crippen LogP contribution is 2.29. The van der Waals surface area contributed by atoms with Crippen LogP contribution in [0.5, 0.6) is 11.6 Å². The summed E-state index contributed by atoms with van der Waals surface area (Å²) in [6.07, 6.45) is -4.80. The van der Waals surface area contributed by atoms with Crippen LogP contribution in [0.15, 0.2) is 36.4 Å². The van der Waals surface area contributed by atoms with Gasteiger partial charge in [-0.25, -0.2) is 0 Å². The molecule has 1 aromatic heterocycles. The summed E-state index contributed by atoms with van der Waals surface area (Å²) in [4.78, 5) is 3.52. The molecule has 0 radical (unpaired) electrons. The molecule has 0 atom stereocenters. The van der Waals surface area contributed by atoms with E-state index in [1.165, 1.54) is 31.4 Å². The van der Waals surface area contributed by atoms with Gasteiger partial charge in [0.1, 0.15) is 5.75 Å². The second-order valence-electron chi connectivity index (χ2n) is 3.77. The highest BCUT2D eigenvalue weighted by Gasteiger charge is 2.31. The van der Waals surface area contributed by atoms with Gasteiger partial charge in [0.15, 0.2) is 0 Å². The predicted octanol–water partition coefficient (Wildman–Crippen LogP) is 3.79. The number of hydrogen-bond acceptors (Lipinski definition) is 3. The van der Waals surface area contributed by atoms with E-state index in [1.54, 1.807) is 0 Å². The first-order chi connectivity index (χ1) is 9.39. The van der Waals surface area contributed by atoms with Crippen LogP contribution in [0.1, 0.15) is 0 Å². The van der Waals surface area contributed by atoms with Crippen LogP contribution in [-0.2, 0) is 0 Å². The molecule has 106 valence electrons. The van der Waals surface area contributed by atoms with Gasteiger partial charge in [-0.15, -0.1) is 13.2 Å². The summed E-state index contributed by atoms with van der Waals surface area (Å²) in [6.45, 7) is 0. The summed E-state index contributed by atoms with van der Waals surface area (Å²) in [5.41, 5.74) is 0.276. The van der Waals surface area contributed by atoms with Gasteiger partial charge < -0.3 is 9.47 Å². The van der Waals surface area contributed by atoms with Crippen LogP contribution in [0.25, 0.3) is 11.1 Å². The number of nitrogens with zero attached hydrogens (tertiary/aromatic N) is 1. The monoisotopic (exact) mass is 287 g/mol. The SMILES string of the molecule is COc1ccc(-c2cccc(OC(F)(F)F)c2)c(F)n1. The standard InChI is InChI=1S/C13H9F4NO2/c1-19-11-6-5-10(12(14)18-11)8-3-2-4-9(7-8)20-13(15,16)17/h2-7H,1H3. The first kappa shape index (κ1) is 14.1. The Labute approximate surface area is 111 Å². The van der Waals surface area contributed by atoms with E-state index in [-0.39, 0.29) is 17.0 Å². The van der Waals surface area contributed by atoms with Crippen molar-refractivity contribution in [3.63, 3.8) is 0 Å². The van der Waals surface area contributed by atoms with Gasteiger partial charge in [0, 0.05) is 11.6 Å². The van der Waals surface area contributed by atoms with E-state index in [9.17, 15) is 17.6 Å². The molecule has 2 aromatic rings. The Morgan fingerprint density at radius 3 is 2.45 bits per heavy atom. The molecule has 0 fully saturated rings. The van der Waals surface area contributed by atoms with Crippen LogP contribution in [0.2, 0.25) is 0 Å². The minimum atomic E-state index is -4.80. The van der Waals surface area contributed by atoms with Gasteiger partial charge in [0.05, 0.1) is 7.11 Å². The van der Waals surface area contributed by atoms with Gasteiger partial charge in [-0.05, 0) is 23.8 Å². The minimum absolute atomic E-state index is 0.0541. The molecule has 0 bridgehead atoms. The number of methoxy groups -OCH3 is 1.